The van der Waals surface area contributed by atoms with Gasteiger partial charge in [-0.15, -0.1) is 11.8 Å². The van der Waals surface area contributed by atoms with Crippen LogP contribution in [-0.2, 0) is 14.3 Å². The van der Waals surface area contributed by atoms with Crippen LogP contribution in [0.4, 0.5) is 5.69 Å². The molecule has 2 aromatic carbocycles. The number of hydrogen-bond donors (Lipinski definition) is 1. The number of ketones is 1. The van der Waals surface area contributed by atoms with Crippen molar-refractivity contribution in [1.29, 1.82) is 0 Å². The van der Waals surface area contributed by atoms with Gasteiger partial charge in [0.05, 0.1) is 11.3 Å². The molecule has 5 nitrogen and oxygen atoms in total. The Labute approximate surface area is 161 Å². The molecule has 136 valence electrons. The van der Waals surface area contributed by atoms with E-state index in [4.69, 9.17) is 16.3 Å². The largest absolute Gasteiger partial charge is 0.449 e. The number of amides is 1. The van der Waals surface area contributed by atoms with Crippen LogP contribution in [0.3, 0.4) is 0 Å². The van der Waals surface area contributed by atoms with Crippen LogP contribution < -0.4 is 5.32 Å². The Kier molecular flexibility index (Phi) is 7.24. The molecule has 1 N–H and O–H groups in total. The van der Waals surface area contributed by atoms with Crippen LogP contribution in [0, 0.1) is 0 Å². The number of hydrogen-bond acceptors (Lipinski definition) is 5. The van der Waals surface area contributed by atoms with Crippen LogP contribution in [0.15, 0.2) is 53.4 Å². The first-order chi connectivity index (χ1) is 12.4. The van der Waals surface area contributed by atoms with Gasteiger partial charge in [-0.2, -0.15) is 0 Å². The maximum absolute atomic E-state index is 12.4. The molecule has 0 unspecified atom stereocenters. The minimum Gasteiger partial charge on any atom is -0.449 e. The molecule has 0 aliphatic heterocycles. The first-order valence-corrected chi connectivity index (χ1v) is 9.22. The molecule has 0 radical (unpaired) electrons. The van der Waals surface area contributed by atoms with Crippen molar-refractivity contribution in [2.45, 2.75) is 24.8 Å². The Morgan fingerprint density at radius 2 is 1.88 bits per heavy atom. The normalized spacial score (nSPS) is 11.5. The number of thioether (sulfide) groups is 1. The lowest BCUT2D eigenvalue weighted by molar-refractivity contribution is -0.123. The number of rotatable bonds is 7. The number of esters is 1. The summed E-state index contributed by atoms with van der Waals surface area (Å²) in [6.45, 7) is 2.97. The van der Waals surface area contributed by atoms with E-state index in [2.05, 4.69) is 5.32 Å². The highest BCUT2D eigenvalue weighted by atomic mass is 35.5. The quantitative estimate of drug-likeness (QED) is 0.565. The molecule has 0 aliphatic rings. The Hall–Kier alpha value is -2.31. The lowest BCUT2D eigenvalue weighted by Crippen LogP contribution is -2.30. The number of carbonyl (C=O) groups is 3. The van der Waals surface area contributed by atoms with Gasteiger partial charge in [-0.05, 0) is 44.2 Å². The monoisotopic (exact) mass is 391 g/mol. The minimum absolute atomic E-state index is 0.00689. The SMILES string of the molecule is CC(=O)CSc1ccccc1C(=O)O[C@@H](C)C(=O)Nc1cccc(Cl)c1. The number of Topliss-reactive ketones (excluding diaryl/α,β-unsaturated/α-hetero) is 1. The maximum Gasteiger partial charge on any atom is 0.340 e. The number of benzene rings is 2. The van der Waals surface area contributed by atoms with E-state index in [0.717, 1.165) is 0 Å². The molecule has 0 fully saturated rings. The predicted molar refractivity (Wildman–Crippen MR) is 103 cm³/mol. The third-order valence-corrected chi connectivity index (χ3v) is 4.74. The van der Waals surface area contributed by atoms with Crippen molar-refractivity contribution in [2.24, 2.45) is 0 Å². The molecule has 26 heavy (non-hydrogen) atoms. The summed E-state index contributed by atoms with van der Waals surface area (Å²) < 4.78 is 5.27. The Morgan fingerprint density at radius 1 is 1.15 bits per heavy atom. The fraction of sp³-hybridized carbons (Fsp3) is 0.211. The third kappa shape index (κ3) is 5.89. The highest BCUT2D eigenvalue weighted by Crippen LogP contribution is 2.24. The second-order valence-electron chi connectivity index (χ2n) is 5.53. The summed E-state index contributed by atoms with van der Waals surface area (Å²) in [5.74, 6) is -0.818. The average Bonchev–Trinajstić information content (AvgIpc) is 2.60. The summed E-state index contributed by atoms with van der Waals surface area (Å²) in [4.78, 5) is 36.4. The van der Waals surface area contributed by atoms with Crippen molar-refractivity contribution in [3.8, 4) is 0 Å². The Morgan fingerprint density at radius 3 is 2.58 bits per heavy atom. The van der Waals surface area contributed by atoms with E-state index in [1.54, 1.807) is 48.5 Å². The minimum atomic E-state index is -0.993. The molecule has 1 amide bonds. The number of ether oxygens (including phenoxy) is 1. The highest BCUT2D eigenvalue weighted by molar-refractivity contribution is 8.00. The van der Waals surface area contributed by atoms with Crippen LogP contribution in [0.5, 0.6) is 0 Å². The van der Waals surface area contributed by atoms with E-state index in [1.807, 2.05) is 0 Å². The van der Waals surface area contributed by atoms with Gasteiger partial charge in [0.15, 0.2) is 6.10 Å². The van der Waals surface area contributed by atoms with Gasteiger partial charge in [0, 0.05) is 15.6 Å². The van der Waals surface area contributed by atoms with Gasteiger partial charge in [0.25, 0.3) is 5.91 Å². The standard InChI is InChI=1S/C19H18ClNO4S/c1-12(22)11-26-17-9-4-3-8-16(17)19(24)25-13(2)18(23)21-15-7-5-6-14(20)10-15/h3-10,13H,11H2,1-2H3,(H,21,23)/t13-/m0/s1. The fourth-order valence-electron chi connectivity index (χ4n) is 2.03. The van der Waals surface area contributed by atoms with E-state index < -0.39 is 18.0 Å². The predicted octanol–water partition coefficient (Wildman–Crippen LogP) is 4.21. The third-order valence-electron chi connectivity index (χ3n) is 3.28. The van der Waals surface area contributed by atoms with Gasteiger partial charge in [-0.1, -0.05) is 29.8 Å². The van der Waals surface area contributed by atoms with Crippen molar-refractivity contribution in [2.75, 3.05) is 11.1 Å². The fourth-order valence-corrected chi connectivity index (χ4v) is 3.06. The number of halogens is 1. The van der Waals surface area contributed by atoms with Gasteiger partial charge in [0.2, 0.25) is 0 Å². The van der Waals surface area contributed by atoms with E-state index in [1.165, 1.54) is 25.6 Å². The van der Waals surface area contributed by atoms with Crippen LogP contribution in [0.1, 0.15) is 24.2 Å². The smallest absolute Gasteiger partial charge is 0.340 e. The van der Waals surface area contributed by atoms with E-state index in [9.17, 15) is 14.4 Å². The van der Waals surface area contributed by atoms with Gasteiger partial charge in [-0.25, -0.2) is 4.79 Å². The Bertz CT molecular complexity index is 825. The topological polar surface area (TPSA) is 72.5 Å². The molecular formula is C19H18ClNO4S. The summed E-state index contributed by atoms with van der Waals surface area (Å²) in [5.41, 5.74) is 0.837. The van der Waals surface area contributed by atoms with Gasteiger partial charge < -0.3 is 10.1 Å². The van der Waals surface area contributed by atoms with Gasteiger partial charge in [0.1, 0.15) is 5.78 Å². The summed E-state index contributed by atoms with van der Waals surface area (Å²) in [5, 5.41) is 3.13. The van der Waals surface area contributed by atoms with Gasteiger partial charge in [-0.3, -0.25) is 9.59 Å². The summed E-state index contributed by atoms with van der Waals surface area (Å²) in [7, 11) is 0. The second-order valence-corrected chi connectivity index (χ2v) is 6.99. The molecule has 0 bridgehead atoms. The van der Waals surface area contributed by atoms with Crippen LogP contribution >= 0.6 is 23.4 Å². The zero-order valence-electron chi connectivity index (χ0n) is 14.3. The average molecular weight is 392 g/mol. The Balaban J connectivity index is 2.02. The van der Waals surface area contributed by atoms with Crippen molar-refractivity contribution < 1.29 is 19.1 Å². The molecule has 0 aromatic heterocycles. The lowest BCUT2D eigenvalue weighted by atomic mass is 10.2. The zero-order valence-corrected chi connectivity index (χ0v) is 15.9. The number of carbonyl (C=O) groups excluding carboxylic acids is 3. The lowest BCUT2D eigenvalue weighted by Gasteiger charge is -2.15. The van der Waals surface area contributed by atoms with E-state index >= 15 is 0 Å². The summed E-state index contributed by atoms with van der Waals surface area (Å²) >= 11 is 7.14. The molecule has 0 aliphatic carbocycles. The molecule has 1 atom stereocenters. The van der Waals surface area contributed by atoms with Crippen molar-refractivity contribution in [1.82, 2.24) is 0 Å². The molecule has 2 rings (SSSR count). The summed E-state index contributed by atoms with van der Waals surface area (Å²) in [6, 6.07) is 13.5. The zero-order chi connectivity index (χ0) is 19.1. The van der Waals surface area contributed by atoms with Crippen LogP contribution in [0.25, 0.3) is 0 Å². The second kappa shape index (κ2) is 9.40. The molecule has 2 aromatic rings. The summed E-state index contributed by atoms with van der Waals surface area (Å²) in [6.07, 6.45) is -0.993. The highest BCUT2D eigenvalue weighted by Gasteiger charge is 2.21. The number of nitrogens with one attached hydrogen (secondary N) is 1. The molecular weight excluding hydrogens is 374 g/mol. The molecule has 7 heteroatoms. The molecule has 0 spiro atoms. The van der Waals surface area contributed by atoms with Crippen LogP contribution in [0.2, 0.25) is 5.02 Å². The van der Waals surface area contributed by atoms with Crippen molar-refractivity contribution in [3.05, 3.63) is 59.1 Å². The van der Waals surface area contributed by atoms with Crippen LogP contribution in [-0.4, -0.2) is 29.5 Å². The maximum atomic E-state index is 12.4. The van der Waals surface area contributed by atoms with Crippen molar-refractivity contribution >= 4 is 46.7 Å². The molecule has 0 saturated heterocycles. The molecule has 0 heterocycles. The van der Waals surface area contributed by atoms with Crippen molar-refractivity contribution in [3.63, 3.8) is 0 Å². The molecule has 0 saturated carbocycles. The van der Waals surface area contributed by atoms with Gasteiger partial charge >= 0.3 is 5.97 Å². The van der Waals surface area contributed by atoms with E-state index in [-0.39, 0.29) is 11.5 Å². The first kappa shape index (κ1) is 20.0. The first-order valence-electron chi connectivity index (χ1n) is 7.85. The van der Waals surface area contributed by atoms with E-state index in [0.29, 0.717) is 21.2 Å². The number of anilines is 1.